The number of hydrogen-bond donors (Lipinski definition) is 1. The standard InChI is InChI=1S/C15H10ClF2NO/c16-10-5-1-3-8-7-12(20-15(8)10)14(19)9-4-2-6-11(17)13(9)18/h1-7,14H,19H2. The highest BCUT2D eigenvalue weighted by atomic mass is 35.5. The van der Waals surface area contributed by atoms with Crippen LogP contribution >= 0.6 is 11.6 Å². The summed E-state index contributed by atoms with van der Waals surface area (Å²) in [6.07, 6.45) is 0. The van der Waals surface area contributed by atoms with Crippen LogP contribution in [-0.2, 0) is 0 Å². The van der Waals surface area contributed by atoms with E-state index in [-0.39, 0.29) is 5.56 Å². The van der Waals surface area contributed by atoms with E-state index in [0.29, 0.717) is 16.4 Å². The second-order valence-corrected chi connectivity index (χ2v) is 4.83. The molecule has 1 heterocycles. The summed E-state index contributed by atoms with van der Waals surface area (Å²) in [4.78, 5) is 0. The van der Waals surface area contributed by atoms with Gasteiger partial charge in [-0.25, -0.2) is 8.78 Å². The van der Waals surface area contributed by atoms with Gasteiger partial charge < -0.3 is 10.2 Å². The lowest BCUT2D eigenvalue weighted by Gasteiger charge is -2.10. The van der Waals surface area contributed by atoms with Gasteiger partial charge in [-0.2, -0.15) is 0 Å². The summed E-state index contributed by atoms with van der Waals surface area (Å²) in [5.41, 5.74) is 6.48. The molecule has 5 heteroatoms. The number of rotatable bonds is 2. The predicted molar refractivity (Wildman–Crippen MR) is 73.6 cm³/mol. The van der Waals surface area contributed by atoms with E-state index >= 15 is 0 Å². The molecule has 20 heavy (non-hydrogen) atoms. The van der Waals surface area contributed by atoms with Gasteiger partial charge in [-0.3, -0.25) is 0 Å². The molecule has 0 spiro atoms. The van der Waals surface area contributed by atoms with Crippen molar-refractivity contribution in [1.29, 1.82) is 0 Å². The molecule has 0 saturated heterocycles. The quantitative estimate of drug-likeness (QED) is 0.760. The third-order valence-electron chi connectivity index (χ3n) is 3.14. The minimum atomic E-state index is -0.966. The van der Waals surface area contributed by atoms with Crippen molar-refractivity contribution in [2.75, 3.05) is 0 Å². The predicted octanol–water partition coefficient (Wildman–Crippen LogP) is 4.41. The van der Waals surface area contributed by atoms with Crippen LogP contribution in [0.15, 0.2) is 46.9 Å². The average molecular weight is 294 g/mol. The van der Waals surface area contributed by atoms with Crippen molar-refractivity contribution in [3.05, 3.63) is 70.4 Å². The smallest absolute Gasteiger partial charge is 0.164 e. The van der Waals surface area contributed by atoms with Gasteiger partial charge in [0.25, 0.3) is 0 Å². The Morgan fingerprint density at radius 1 is 1.10 bits per heavy atom. The third-order valence-corrected chi connectivity index (χ3v) is 3.44. The first-order valence-electron chi connectivity index (χ1n) is 5.95. The molecule has 2 aromatic carbocycles. The zero-order valence-electron chi connectivity index (χ0n) is 10.2. The molecule has 2 nitrogen and oxygen atoms in total. The van der Waals surface area contributed by atoms with Gasteiger partial charge in [0.1, 0.15) is 5.76 Å². The fourth-order valence-electron chi connectivity index (χ4n) is 2.11. The maximum atomic E-state index is 13.7. The summed E-state index contributed by atoms with van der Waals surface area (Å²) in [6.45, 7) is 0. The number of nitrogens with two attached hydrogens (primary N) is 1. The molecule has 0 aliphatic rings. The lowest BCUT2D eigenvalue weighted by atomic mass is 10.0. The highest BCUT2D eigenvalue weighted by Crippen LogP contribution is 2.31. The van der Waals surface area contributed by atoms with E-state index in [4.69, 9.17) is 21.8 Å². The van der Waals surface area contributed by atoms with Crippen molar-refractivity contribution in [1.82, 2.24) is 0 Å². The number of hydrogen-bond acceptors (Lipinski definition) is 2. The lowest BCUT2D eigenvalue weighted by Crippen LogP contribution is -2.13. The van der Waals surface area contributed by atoms with Crippen molar-refractivity contribution >= 4 is 22.6 Å². The normalized spacial score (nSPS) is 12.8. The Balaban J connectivity index is 2.10. The highest BCUT2D eigenvalue weighted by Gasteiger charge is 2.20. The molecule has 0 fully saturated rings. The largest absolute Gasteiger partial charge is 0.457 e. The Kier molecular flexibility index (Phi) is 3.20. The van der Waals surface area contributed by atoms with E-state index in [1.807, 2.05) is 6.07 Å². The molecular formula is C15H10ClF2NO. The third kappa shape index (κ3) is 2.07. The molecule has 0 aliphatic heterocycles. The minimum absolute atomic E-state index is 0.0418. The minimum Gasteiger partial charge on any atom is -0.457 e. The zero-order valence-corrected chi connectivity index (χ0v) is 11.0. The van der Waals surface area contributed by atoms with Crippen molar-refractivity contribution in [3.8, 4) is 0 Å². The van der Waals surface area contributed by atoms with Crippen LogP contribution in [0, 0.1) is 11.6 Å². The van der Waals surface area contributed by atoms with Gasteiger partial charge in [-0.15, -0.1) is 0 Å². The summed E-state index contributed by atoms with van der Waals surface area (Å²) in [5, 5.41) is 1.21. The Labute approximate surface area is 118 Å². The van der Waals surface area contributed by atoms with E-state index in [1.54, 1.807) is 18.2 Å². The van der Waals surface area contributed by atoms with Gasteiger partial charge in [0.15, 0.2) is 17.2 Å². The van der Waals surface area contributed by atoms with Crippen LogP contribution in [0.25, 0.3) is 11.0 Å². The Morgan fingerprint density at radius 2 is 1.85 bits per heavy atom. The van der Waals surface area contributed by atoms with Crippen molar-refractivity contribution in [2.45, 2.75) is 6.04 Å². The van der Waals surface area contributed by atoms with Crippen molar-refractivity contribution in [3.63, 3.8) is 0 Å². The van der Waals surface area contributed by atoms with Gasteiger partial charge in [0.05, 0.1) is 11.1 Å². The van der Waals surface area contributed by atoms with Crippen LogP contribution in [-0.4, -0.2) is 0 Å². The number of para-hydroxylation sites is 1. The van der Waals surface area contributed by atoms with Gasteiger partial charge in [-0.1, -0.05) is 35.9 Å². The number of fused-ring (bicyclic) bond motifs is 1. The van der Waals surface area contributed by atoms with E-state index in [0.717, 1.165) is 11.5 Å². The van der Waals surface area contributed by atoms with Crippen LogP contribution in [0.3, 0.4) is 0 Å². The van der Waals surface area contributed by atoms with E-state index in [2.05, 4.69) is 0 Å². The molecule has 3 rings (SSSR count). The molecule has 0 saturated carbocycles. The fourth-order valence-corrected chi connectivity index (χ4v) is 2.34. The molecule has 3 aromatic rings. The molecule has 0 bridgehead atoms. The van der Waals surface area contributed by atoms with Crippen LogP contribution in [0.1, 0.15) is 17.4 Å². The molecule has 0 radical (unpaired) electrons. The molecule has 1 unspecified atom stereocenters. The highest BCUT2D eigenvalue weighted by molar-refractivity contribution is 6.34. The summed E-state index contributed by atoms with van der Waals surface area (Å²) in [7, 11) is 0. The second-order valence-electron chi connectivity index (χ2n) is 4.43. The summed E-state index contributed by atoms with van der Waals surface area (Å²) < 4.78 is 32.6. The van der Waals surface area contributed by atoms with E-state index in [1.165, 1.54) is 12.1 Å². The van der Waals surface area contributed by atoms with E-state index < -0.39 is 17.7 Å². The Bertz CT molecular complexity index is 785. The van der Waals surface area contributed by atoms with Gasteiger partial charge in [-0.05, 0) is 18.2 Å². The summed E-state index contributed by atoms with van der Waals surface area (Å²) in [6, 6.07) is 9.93. The maximum Gasteiger partial charge on any atom is 0.164 e. The Hall–Kier alpha value is -1.91. The first-order valence-corrected chi connectivity index (χ1v) is 6.33. The zero-order chi connectivity index (χ0) is 14.3. The summed E-state index contributed by atoms with van der Waals surface area (Å²) in [5.74, 6) is -1.57. The molecule has 1 aromatic heterocycles. The molecule has 0 aliphatic carbocycles. The maximum absolute atomic E-state index is 13.7. The molecule has 102 valence electrons. The second kappa shape index (κ2) is 4.89. The molecule has 0 amide bonds. The number of halogens is 3. The first kappa shape index (κ1) is 13.1. The van der Waals surface area contributed by atoms with Gasteiger partial charge >= 0.3 is 0 Å². The van der Waals surface area contributed by atoms with Crippen LogP contribution in [0.2, 0.25) is 5.02 Å². The number of benzene rings is 2. The molecular weight excluding hydrogens is 284 g/mol. The first-order chi connectivity index (χ1) is 9.58. The van der Waals surface area contributed by atoms with Crippen LogP contribution in [0.5, 0.6) is 0 Å². The monoisotopic (exact) mass is 293 g/mol. The topological polar surface area (TPSA) is 39.2 Å². The molecule has 2 N–H and O–H groups in total. The number of furan rings is 1. The van der Waals surface area contributed by atoms with Crippen molar-refractivity contribution in [2.24, 2.45) is 5.73 Å². The fraction of sp³-hybridized carbons (Fsp3) is 0.0667. The Morgan fingerprint density at radius 3 is 2.60 bits per heavy atom. The van der Waals surface area contributed by atoms with Gasteiger partial charge in [0.2, 0.25) is 0 Å². The SMILES string of the molecule is NC(c1cc2cccc(Cl)c2o1)c1cccc(F)c1F. The average Bonchev–Trinajstić information content (AvgIpc) is 2.87. The van der Waals surface area contributed by atoms with Crippen LogP contribution in [0.4, 0.5) is 8.78 Å². The lowest BCUT2D eigenvalue weighted by molar-refractivity contribution is 0.475. The van der Waals surface area contributed by atoms with Crippen molar-refractivity contribution < 1.29 is 13.2 Å². The van der Waals surface area contributed by atoms with E-state index in [9.17, 15) is 8.78 Å². The van der Waals surface area contributed by atoms with Gasteiger partial charge in [0, 0.05) is 10.9 Å². The van der Waals surface area contributed by atoms with Crippen LogP contribution < -0.4 is 5.73 Å². The summed E-state index contributed by atoms with van der Waals surface area (Å²) >= 11 is 6.01. The molecule has 1 atom stereocenters.